The average Bonchev–Trinajstić information content (AvgIpc) is 2.57. The highest BCUT2D eigenvalue weighted by molar-refractivity contribution is 7.99. The lowest BCUT2D eigenvalue weighted by Gasteiger charge is -2.05. The number of para-hydroxylation sites is 1. The molecule has 0 fully saturated rings. The van der Waals surface area contributed by atoms with Gasteiger partial charge in [-0.1, -0.05) is 6.07 Å². The van der Waals surface area contributed by atoms with E-state index in [1.165, 1.54) is 17.8 Å². The van der Waals surface area contributed by atoms with Gasteiger partial charge in [-0.15, -0.1) is 10.2 Å². The van der Waals surface area contributed by atoms with Crippen molar-refractivity contribution in [3.8, 4) is 0 Å². The van der Waals surface area contributed by atoms with Gasteiger partial charge < -0.3 is 10.3 Å². The van der Waals surface area contributed by atoms with Gasteiger partial charge in [0.15, 0.2) is 5.16 Å². The van der Waals surface area contributed by atoms with E-state index in [2.05, 4.69) is 10.2 Å². The summed E-state index contributed by atoms with van der Waals surface area (Å²) in [5.74, 6) is 0.390. The number of halogens is 1. The first-order valence-electron chi connectivity index (χ1n) is 4.67. The molecule has 84 valence electrons. The number of nitrogens with zero attached hydrogens (tertiary/aromatic N) is 3. The van der Waals surface area contributed by atoms with Gasteiger partial charge in [-0.25, -0.2) is 4.39 Å². The molecule has 2 rings (SSSR count). The molecule has 0 radical (unpaired) electrons. The highest BCUT2D eigenvalue weighted by Crippen LogP contribution is 2.31. The van der Waals surface area contributed by atoms with E-state index >= 15 is 0 Å². The molecule has 6 heteroatoms. The summed E-state index contributed by atoms with van der Waals surface area (Å²) in [7, 11) is 1.85. The number of hydrogen-bond donors (Lipinski definition) is 1. The van der Waals surface area contributed by atoms with E-state index in [0.29, 0.717) is 10.1 Å². The summed E-state index contributed by atoms with van der Waals surface area (Å²) in [6.07, 6.45) is 0. The zero-order chi connectivity index (χ0) is 11.7. The Kier molecular flexibility index (Phi) is 2.82. The molecule has 1 aromatic heterocycles. The maximum absolute atomic E-state index is 13.2. The number of aryl methyl sites for hydroxylation is 1. The van der Waals surface area contributed by atoms with E-state index in [0.717, 1.165) is 5.82 Å². The zero-order valence-corrected chi connectivity index (χ0v) is 9.75. The summed E-state index contributed by atoms with van der Waals surface area (Å²) in [5.41, 5.74) is 5.78. The number of rotatable bonds is 2. The summed E-state index contributed by atoms with van der Waals surface area (Å²) in [5, 5.41) is 8.59. The molecular weight excluding hydrogens is 227 g/mol. The third-order valence-corrected chi connectivity index (χ3v) is 3.38. The maximum Gasteiger partial charge on any atom is 0.195 e. The number of aromatic nitrogens is 3. The minimum Gasteiger partial charge on any atom is -0.395 e. The molecule has 1 heterocycles. The van der Waals surface area contributed by atoms with Crippen LogP contribution in [0.4, 0.5) is 10.1 Å². The lowest BCUT2D eigenvalue weighted by Crippen LogP contribution is -1.96. The van der Waals surface area contributed by atoms with Crippen molar-refractivity contribution in [2.45, 2.75) is 17.0 Å². The van der Waals surface area contributed by atoms with E-state index in [1.54, 1.807) is 12.1 Å². The minimum absolute atomic E-state index is 0.146. The van der Waals surface area contributed by atoms with E-state index in [-0.39, 0.29) is 5.69 Å². The van der Waals surface area contributed by atoms with Crippen LogP contribution in [0.15, 0.2) is 28.3 Å². The predicted molar refractivity (Wildman–Crippen MR) is 60.7 cm³/mol. The largest absolute Gasteiger partial charge is 0.395 e. The average molecular weight is 238 g/mol. The zero-order valence-electron chi connectivity index (χ0n) is 8.94. The Labute approximate surface area is 96.7 Å². The normalized spacial score (nSPS) is 10.7. The van der Waals surface area contributed by atoms with E-state index < -0.39 is 5.82 Å². The molecule has 0 saturated carbocycles. The molecule has 16 heavy (non-hydrogen) atoms. The molecule has 0 aliphatic rings. The molecule has 2 N–H and O–H groups in total. The van der Waals surface area contributed by atoms with Crippen LogP contribution in [0.1, 0.15) is 5.82 Å². The van der Waals surface area contributed by atoms with Crippen LogP contribution in [0, 0.1) is 12.7 Å². The molecule has 0 atom stereocenters. The molecule has 1 aromatic carbocycles. The van der Waals surface area contributed by atoms with Gasteiger partial charge in [0, 0.05) is 11.9 Å². The van der Waals surface area contributed by atoms with Gasteiger partial charge in [-0.3, -0.25) is 0 Å². The van der Waals surface area contributed by atoms with Crippen LogP contribution in [-0.4, -0.2) is 14.8 Å². The predicted octanol–water partition coefficient (Wildman–Crippen LogP) is 2.00. The Morgan fingerprint density at radius 2 is 2.12 bits per heavy atom. The monoisotopic (exact) mass is 238 g/mol. The molecule has 0 spiro atoms. The fourth-order valence-corrected chi connectivity index (χ4v) is 2.08. The molecule has 0 saturated heterocycles. The Morgan fingerprint density at radius 1 is 1.38 bits per heavy atom. The van der Waals surface area contributed by atoms with E-state index in [4.69, 9.17) is 5.73 Å². The maximum atomic E-state index is 13.2. The van der Waals surface area contributed by atoms with Crippen LogP contribution in [0.25, 0.3) is 0 Å². The van der Waals surface area contributed by atoms with Crippen LogP contribution in [0.5, 0.6) is 0 Å². The SMILES string of the molecule is Cc1nnc(Sc2cccc(F)c2N)n1C. The van der Waals surface area contributed by atoms with E-state index in [9.17, 15) is 4.39 Å². The summed E-state index contributed by atoms with van der Waals surface area (Å²) in [6.45, 7) is 1.85. The first-order chi connectivity index (χ1) is 7.59. The third-order valence-electron chi connectivity index (χ3n) is 2.27. The van der Waals surface area contributed by atoms with Gasteiger partial charge in [0.25, 0.3) is 0 Å². The van der Waals surface area contributed by atoms with Crippen molar-refractivity contribution in [1.29, 1.82) is 0 Å². The summed E-state index contributed by atoms with van der Waals surface area (Å²) in [4.78, 5) is 0.649. The third kappa shape index (κ3) is 1.88. The van der Waals surface area contributed by atoms with Crippen molar-refractivity contribution in [2.75, 3.05) is 5.73 Å². The van der Waals surface area contributed by atoms with Crippen LogP contribution >= 0.6 is 11.8 Å². The topological polar surface area (TPSA) is 56.7 Å². The fourth-order valence-electron chi connectivity index (χ4n) is 1.18. The van der Waals surface area contributed by atoms with E-state index in [1.807, 2.05) is 18.5 Å². The molecule has 0 aliphatic carbocycles. The second kappa shape index (κ2) is 4.13. The highest BCUT2D eigenvalue weighted by Gasteiger charge is 2.10. The Balaban J connectivity index is 2.34. The van der Waals surface area contributed by atoms with Crippen molar-refractivity contribution in [3.05, 3.63) is 29.8 Å². The van der Waals surface area contributed by atoms with Crippen molar-refractivity contribution in [3.63, 3.8) is 0 Å². The summed E-state index contributed by atoms with van der Waals surface area (Å²) < 4.78 is 15.0. The van der Waals surface area contributed by atoms with Crippen molar-refractivity contribution < 1.29 is 4.39 Å². The van der Waals surface area contributed by atoms with Gasteiger partial charge in [0.1, 0.15) is 11.6 Å². The quantitative estimate of drug-likeness (QED) is 0.813. The molecule has 0 bridgehead atoms. The Morgan fingerprint density at radius 3 is 2.75 bits per heavy atom. The van der Waals surface area contributed by atoms with Gasteiger partial charge in [0.05, 0.1) is 5.69 Å². The molecule has 0 aliphatic heterocycles. The van der Waals surface area contributed by atoms with Crippen LogP contribution < -0.4 is 5.73 Å². The molecular formula is C10H11FN4S. The number of anilines is 1. The van der Waals surface area contributed by atoms with Crippen molar-refractivity contribution in [1.82, 2.24) is 14.8 Å². The van der Waals surface area contributed by atoms with Gasteiger partial charge in [-0.05, 0) is 30.8 Å². The minimum atomic E-state index is -0.413. The van der Waals surface area contributed by atoms with Gasteiger partial charge >= 0.3 is 0 Å². The standard InChI is InChI=1S/C10H11FN4S/c1-6-13-14-10(15(6)2)16-8-5-3-4-7(11)9(8)12/h3-5H,12H2,1-2H3. The second-order valence-electron chi connectivity index (χ2n) is 3.34. The summed E-state index contributed by atoms with van der Waals surface area (Å²) >= 11 is 1.30. The lowest BCUT2D eigenvalue weighted by atomic mass is 10.3. The fraction of sp³-hybridized carbons (Fsp3) is 0.200. The number of benzene rings is 1. The van der Waals surface area contributed by atoms with Crippen LogP contribution in [-0.2, 0) is 7.05 Å². The lowest BCUT2D eigenvalue weighted by molar-refractivity contribution is 0.629. The first-order valence-corrected chi connectivity index (χ1v) is 5.49. The highest BCUT2D eigenvalue weighted by atomic mass is 32.2. The van der Waals surface area contributed by atoms with Crippen molar-refractivity contribution >= 4 is 17.4 Å². The summed E-state index contributed by atoms with van der Waals surface area (Å²) in [6, 6.07) is 4.71. The van der Waals surface area contributed by atoms with Crippen LogP contribution in [0.2, 0.25) is 0 Å². The number of nitrogens with two attached hydrogens (primary N) is 1. The van der Waals surface area contributed by atoms with Crippen molar-refractivity contribution in [2.24, 2.45) is 7.05 Å². The second-order valence-corrected chi connectivity index (χ2v) is 4.35. The number of nitrogen functional groups attached to an aromatic ring is 1. The Hall–Kier alpha value is -1.56. The number of hydrogen-bond acceptors (Lipinski definition) is 4. The molecule has 2 aromatic rings. The Bertz CT molecular complexity index is 524. The van der Waals surface area contributed by atoms with Gasteiger partial charge in [0.2, 0.25) is 0 Å². The smallest absolute Gasteiger partial charge is 0.195 e. The molecule has 0 unspecified atom stereocenters. The molecule has 4 nitrogen and oxygen atoms in total. The van der Waals surface area contributed by atoms with Crippen LogP contribution in [0.3, 0.4) is 0 Å². The first kappa shape index (κ1) is 10.9. The molecule has 0 amide bonds. The van der Waals surface area contributed by atoms with Gasteiger partial charge in [-0.2, -0.15) is 0 Å².